The number of carboxylic acid groups (broad SMARTS) is 1. The van der Waals surface area contributed by atoms with Gasteiger partial charge in [0.05, 0.1) is 11.3 Å². The average molecular weight is 515 g/mol. The van der Waals surface area contributed by atoms with E-state index < -0.39 is 45.3 Å². The summed E-state index contributed by atoms with van der Waals surface area (Å²) < 4.78 is 70.2. The zero-order chi connectivity index (χ0) is 24.9. The molecule has 0 unspecified atom stereocenters. The molecule has 2 atom stereocenters. The standard InChI is InChI=1S/C20H16F3N3O6S2/c21-20(22,23)15-8-13(25-32-15)14-5-6-17(33-14)34(30,31)26-19(18(28)29)9-12(19)11-3-1-10(2-4-11)7-16(24)27/h1-6,8,12,26H,7,9H2,(H2,24,27)(H,28,29)/t12-,19+/m0/s1. The van der Waals surface area contributed by atoms with E-state index in [-0.39, 0.29) is 27.6 Å². The molecule has 1 saturated carbocycles. The van der Waals surface area contributed by atoms with Crippen molar-refractivity contribution in [3.05, 3.63) is 59.4 Å². The molecule has 0 aliphatic heterocycles. The second-order valence-corrected chi connectivity index (χ2v) is 10.7. The van der Waals surface area contributed by atoms with Crippen LogP contribution < -0.4 is 10.5 Å². The zero-order valence-corrected chi connectivity index (χ0v) is 18.6. The molecule has 34 heavy (non-hydrogen) atoms. The van der Waals surface area contributed by atoms with Gasteiger partial charge in [-0.25, -0.2) is 8.42 Å². The molecule has 0 spiro atoms. The Balaban J connectivity index is 1.54. The van der Waals surface area contributed by atoms with Gasteiger partial charge in [0.15, 0.2) is 0 Å². The summed E-state index contributed by atoms with van der Waals surface area (Å²) in [6, 6.07) is 9.48. The van der Waals surface area contributed by atoms with Gasteiger partial charge in [-0.2, -0.15) is 17.9 Å². The summed E-state index contributed by atoms with van der Waals surface area (Å²) >= 11 is 0.625. The van der Waals surface area contributed by atoms with Crippen molar-refractivity contribution >= 4 is 33.2 Å². The molecule has 1 aromatic carbocycles. The minimum atomic E-state index is -4.74. The van der Waals surface area contributed by atoms with Crippen molar-refractivity contribution in [1.82, 2.24) is 9.88 Å². The van der Waals surface area contributed by atoms with E-state index in [2.05, 4.69) is 14.4 Å². The van der Waals surface area contributed by atoms with Crippen LogP contribution in [0.25, 0.3) is 10.6 Å². The molecule has 1 aliphatic carbocycles. The molecule has 4 N–H and O–H groups in total. The number of sulfonamides is 1. The first-order valence-electron chi connectivity index (χ1n) is 9.60. The zero-order valence-electron chi connectivity index (χ0n) is 17.0. The number of aliphatic carboxylic acids is 1. The molecule has 1 fully saturated rings. The third-order valence-corrected chi connectivity index (χ3v) is 8.42. The van der Waals surface area contributed by atoms with Crippen LogP contribution in [0.5, 0.6) is 0 Å². The van der Waals surface area contributed by atoms with Gasteiger partial charge < -0.3 is 15.4 Å². The van der Waals surface area contributed by atoms with Crippen LogP contribution in [0.15, 0.2) is 51.2 Å². The molecule has 3 aromatic rings. The maximum absolute atomic E-state index is 12.9. The van der Waals surface area contributed by atoms with Gasteiger partial charge in [0.25, 0.3) is 10.0 Å². The highest BCUT2D eigenvalue weighted by Crippen LogP contribution is 2.52. The van der Waals surface area contributed by atoms with Gasteiger partial charge in [0.2, 0.25) is 11.7 Å². The number of carbonyl (C=O) groups excluding carboxylic acids is 1. The SMILES string of the molecule is NC(=O)Cc1ccc([C@@H]2C[C@]2(NS(=O)(=O)c2ccc(-c3cc(C(F)(F)F)on3)s2)C(=O)O)cc1. The van der Waals surface area contributed by atoms with Gasteiger partial charge in [0.1, 0.15) is 15.4 Å². The Bertz CT molecular complexity index is 1360. The van der Waals surface area contributed by atoms with Crippen molar-refractivity contribution in [1.29, 1.82) is 0 Å². The number of amides is 1. The molecule has 2 aromatic heterocycles. The van der Waals surface area contributed by atoms with E-state index in [1.54, 1.807) is 24.3 Å². The number of benzene rings is 1. The van der Waals surface area contributed by atoms with Crippen LogP contribution in [0.1, 0.15) is 29.2 Å². The fourth-order valence-electron chi connectivity index (χ4n) is 3.54. The number of carboxylic acids is 1. The molecular weight excluding hydrogens is 499 g/mol. The van der Waals surface area contributed by atoms with E-state index in [9.17, 15) is 36.3 Å². The summed E-state index contributed by atoms with van der Waals surface area (Å²) in [5.41, 5.74) is 4.35. The number of alkyl halides is 3. The van der Waals surface area contributed by atoms with Crippen molar-refractivity contribution in [2.75, 3.05) is 0 Å². The van der Waals surface area contributed by atoms with E-state index in [0.29, 0.717) is 28.5 Å². The van der Waals surface area contributed by atoms with Crippen LogP contribution >= 0.6 is 11.3 Å². The molecule has 0 radical (unpaired) electrons. The van der Waals surface area contributed by atoms with E-state index in [1.165, 1.54) is 6.07 Å². The Morgan fingerprint density at radius 1 is 1.24 bits per heavy atom. The second kappa shape index (κ2) is 8.21. The number of aromatic nitrogens is 1. The monoisotopic (exact) mass is 515 g/mol. The number of halogens is 3. The largest absolute Gasteiger partial charge is 0.480 e. The fourth-order valence-corrected chi connectivity index (χ4v) is 6.21. The van der Waals surface area contributed by atoms with E-state index in [4.69, 9.17) is 5.73 Å². The minimum Gasteiger partial charge on any atom is -0.480 e. The van der Waals surface area contributed by atoms with Crippen LogP contribution in [-0.4, -0.2) is 36.1 Å². The molecule has 0 saturated heterocycles. The molecular formula is C20H16F3N3O6S2. The summed E-state index contributed by atoms with van der Waals surface area (Å²) in [6.07, 6.45) is -4.74. The lowest BCUT2D eigenvalue weighted by Crippen LogP contribution is -2.44. The predicted molar refractivity (Wildman–Crippen MR) is 112 cm³/mol. The first-order valence-corrected chi connectivity index (χ1v) is 11.9. The average Bonchev–Trinajstić information content (AvgIpc) is 3.11. The van der Waals surface area contributed by atoms with Gasteiger partial charge in [-0.15, -0.1) is 11.3 Å². The van der Waals surface area contributed by atoms with Gasteiger partial charge in [0, 0.05) is 12.0 Å². The lowest BCUT2D eigenvalue weighted by Gasteiger charge is -2.15. The number of nitrogens with two attached hydrogens (primary N) is 1. The summed E-state index contributed by atoms with van der Waals surface area (Å²) in [7, 11) is -4.33. The first-order chi connectivity index (χ1) is 15.8. The van der Waals surface area contributed by atoms with Gasteiger partial charge in [-0.05, 0) is 29.7 Å². The lowest BCUT2D eigenvalue weighted by molar-refractivity contribution is -0.155. The van der Waals surface area contributed by atoms with E-state index in [0.717, 1.165) is 6.07 Å². The quantitative estimate of drug-likeness (QED) is 0.417. The minimum absolute atomic E-state index is 0.00676. The van der Waals surface area contributed by atoms with Crippen molar-refractivity contribution < 1.29 is 40.8 Å². The summed E-state index contributed by atoms with van der Waals surface area (Å²) in [5.74, 6) is -3.88. The number of nitrogens with one attached hydrogen (secondary N) is 1. The molecule has 1 aliphatic rings. The number of hydrogen-bond acceptors (Lipinski definition) is 7. The number of thiophene rings is 1. The number of carbonyl (C=O) groups is 2. The van der Waals surface area contributed by atoms with Crippen molar-refractivity contribution in [3.8, 4) is 10.6 Å². The number of rotatable bonds is 8. The number of primary amides is 1. The summed E-state index contributed by atoms with van der Waals surface area (Å²) in [6.45, 7) is 0. The van der Waals surface area contributed by atoms with Gasteiger partial charge in [-0.3, -0.25) is 9.59 Å². The highest BCUT2D eigenvalue weighted by Gasteiger charge is 2.63. The normalized spacial score (nSPS) is 20.3. The van der Waals surface area contributed by atoms with Crippen LogP contribution in [0.2, 0.25) is 0 Å². The Kier molecular flexibility index (Phi) is 5.78. The van der Waals surface area contributed by atoms with E-state index in [1.807, 2.05) is 0 Å². The highest BCUT2D eigenvalue weighted by molar-refractivity contribution is 7.91. The highest BCUT2D eigenvalue weighted by atomic mass is 32.2. The van der Waals surface area contributed by atoms with Crippen LogP contribution in [0.3, 0.4) is 0 Å². The third-order valence-electron chi connectivity index (χ3n) is 5.31. The molecule has 9 nitrogen and oxygen atoms in total. The van der Waals surface area contributed by atoms with Crippen molar-refractivity contribution in [2.45, 2.75) is 34.7 Å². The third kappa shape index (κ3) is 4.56. The fraction of sp³-hybridized carbons (Fsp3) is 0.250. The molecule has 0 bridgehead atoms. The first kappa shape index (κ1) is 23.9. The summed E-state index contributed by atoms with van der Waals surface area (Å²) in [4.78, 5) is 23.1. The van der Waals surface area contributed by atoms with Crippen LogP contribution in [0.4, 0.5) is 13.2 Å². The maximum atomic E-state index is 12.9. The maximum Gasteiger partial charge on any atom is 0.452 e. The Labute approximate surface area is 194 Å². The Morgan fingerprint density at radius 2 is 1.91 bits per heavy atom. The smallest absolute Gasteiger partial charge is 0.452 e. The van der Waals surface area contributed by atoms with Gasteiger partial charge >= 0.3 is 12.1 Å². The van der Waals surface area contributed by atoms with Crippen LogP contribution in [-0.2, 0) is 32.2 Å². The molecule has 14 heteroatoms. The van der Waals surface area contributed by atoms with Gasteiger partial charge in [-0.1, -0.05) is 29.4 Å². The van der Waals surface area contributed by atoms with Crippen molar-refractivity contribution in [3.63, 3.8) is 0 Å². The molecule has 1 amide bonds. The Morgan fingerprint density at radius 3 is 2.47 bits per heavy atom. The summed E-state index contributed by atoms with van der Waals surface area (Å²) in [5, 5.41) is 13.1. The predicted octanol–water partition coefficient (Wildman–Crippen LogP) is 2.74. The van der Waals surface area contributed by atoms with E-state index >= 15 is 0 Å². The Hall–Kier alpha value is -3.23. The molecule has 2 heterocycles. The molecule has 4 rings (SSSR count). The lowest BCUT2D eigenvalue weighted by atomic mass is 10.0. The number of hydrogen-bond donors (Lipinski definition) is 3. The molecule has 180 valence electrons. The topological polar surface area (TPSA) is 153 Å². The van der Waals surface area contributed by atoms with Crippen LogP contribution in [0, 0.1) is 0 Å². The number of nitrogens with zero attached hydrogens (tertiary/aromatic N) is 1. The van der Waals surface area contributed by atoms with Crippen molar-refractivity contribution in [2.24, 2.45) is 5.73 Å². The second-order valence-electron chi connectivity index (χ2n) is 7.72.